The van der Waals surface area contributed by atoms with Crippen LogP contribution >= 0.6 is 0 Å². The molecule has 1 fully saturated rings. The molecule has 3 rings (SSSR count). The number of carbonyl (C=O) groups excluding carboxylic acids is 1. The predicted octanol–water partition coefficient (Wildman–Crippen LogP) is 4.19. The lowest BCUT2D eigenvalue weighted by Gasteiger charge is -2.29. The van der Waals surface area contributed by atoms with Crippen LogP contribution in [0.5, 0.6) is 0 Å². The smallest absolute Gasteiger partial charge is 0.264 e. The molecule has 0 aromatic heterocycles. The monoisotopic (exact) mass is 414 g/mol. The number of rotatable bonds is 6. The second-order valence-electron chi connectivity index (χ2n) is 8.19. The first-order valence-electron chi connectivity index (χ1n) is 10.2. The van der Waals surface area contributed by atoms with Crippen LogP contribution < -0.4 is 9.62 Å². The van der Waals surface area contributed by atoms with E-state index in [1.165, 1.54) is 4.31 Å². The van der Waals surface area contributed by atoms with Gasteiger partial charge in [-0.1, -0.05) is 31.2 Å². The number of benzene rings is 2. The molecule has 2 aromatic rings. The molecular formula is C23H30N2O3S. The number of nitrogens with zero attached hydrogens (tertiary/aromatic N) is 1. The Hall–Kier alpha value is -2.34. The molecule has 0 radical (unpaired) electrons. The number of nitrogens with one attached hydrogen (secondary N) is 1. The zero-order valence-electron chi connectivity index (χ0n) is 17.4. The molecule has 29 heavy (non-hydrogen) atoms. The number of anilines is 1. The largest absolute Gasteiger partial charge is 0.352 e. The van der Waals surface area contributed by atoms with Gasteiger partial charge in [0.1, 0.15) is 6.54 Å². The molecule has 0 spiro atoms. The number of carbonyl (C=O) groups is 1. The second-order valence-corrected chi connectivity index (χ2v) is 10.1. The van der Waals surface area contributed by atoms with Gasteiger partial charge in [0.2, 0.25) is 5.91 Å². The predicted molar refractivity (Wildman–Crippen MR) is 116 cm³/mol. The fraction of sp³-hybridized carbons (Fsp3) is 0.435. The highest BCUT2D eigenvalue weighted by atomic mass is 32.2. The van der Waals surface area contributed by atoms with Gasteiger partial charge in [-0.25, -0.2) is 8.42 Å². The molecule has 0 unspecified atom stereocenters. The SMILES string of the molecule is Cc1cc(C)cc(N(CC(=O)NC2CCC(C)CC2)S(=O)(=O)c2ccccc2)c1. The van der Waals surface area contributed by atoms with E-state index in [0.717, 1.165) is 36.8 Å². The Morgan fingerprint density at radius 3 is 2.17 bits per heavy atom. The molecule has 156 valence electrons. The van der Waals surface area contributed by atoms with Crippen LogP contribution in [0.1, 0.15) is 43.7 Å². The Morgan fingerprint density at radius 1 is 1.00 bits per heavy atom. The summed E-state index contributed by atoms with van der Waals surface area (Å²) in [5, 5.41) is 3.05. The summed E-state index contributed by atoms with van der Waals surface area (Å²) in [6, 6.07) is 14.0. The molecule has 1 saturated carbocycles. The Balaban J connectivity index is 1.88. The summed E-state index contributed by atoms with van der Waals surface area (Å²) in [5.41, 5.74) is 2.42. The minimum absolute atomic E-state index is 0.124. The van der Waals surface area contributed by atoms with Gasteiger partial charge in [-0.15, -0.1) is 0 Å². The van der Waals surface area contributed by atoms with Crippen molar-refractivity contribution in [1.29, 1.82) is 0 Å². The summed E-state index contributed by atoms with van der Waals surface area (Å²) in [4.78, 5) is 13.0. The van der Waals surface area contributed by atoms with Crippen molar-refractivity contribution >= 4 is 21.6 Å². The van der Waals surface area contributed by atoms with Crippen molar-refractivity contribution in [2.75, 3.05) is 10.8 Å². The molecular weight excluding hydrogens is 384 g/mol. The lowest BCUT2D eigenvalue weighted by Crippen LogP contribution is -2.45. The van der Waals surface area contributed by atoms with Gasteiger partial charge in [-0.2, -0.15) is 0 Å². The van der Waals surface area contributed by atoms with E-state index in [-0.39, 0.29) is 23.4 Å². The standard InChI is InChI=1S/C23H30N2O3S/c1-17-9-11-20(12-10-17)24-23(26)16-25(21-14-18(2)13-19(3)15-21)29(27,28)22-7-5-4-6-8-22/h4-8,13-15,17,20H,9-12,16H2,1-3H3,(H,24,26). The maximum Gasteiger partial charge on any atom is 0.264 e. The van der Waals surface area contributed by atoms with Crippen LogP contribution in [0.3, 0.4) is 0 Å². The minimum Gasteiger partial charge on any atom is -0.352 e. The molecule has 0 aliphatic heterocycles. The Kier molecular flexibility index (Phi) is 6.63. The quantitative estimate of drug-likeness (QED) is 0.771. The van der Waals surface area contributed by atoms with Crippen molar-refractivity contribution in [3.63, 3.8) is 0 Å². The van der Waals surface area contributed by atoms with Gasteiger partial charge >= 0.3 is 0 Å². The van der Waals surface area contributed by atoms with E-state index < -0.39 is 10.0 Å². The van der Waals surface area contributed by atoms with Crippen LogP contribution in [-0.4, -0.2) is 26.9 Å². The average Bonchev–Trinajstić information content (AvgIpc) is 2.68. The van der Waals surface area contributed by atoms with Crippen LogP contribution in [0.15, 0.2) is 53.4 Å². The molecule has 6 heteroatoms. The summed E-state index contributed by atoms with van der Waals surface area (Å²) >= 11 is 0. The molecule has 1 N–H and O–H groups in total. The van der Waals surface area contributed by atoms with Gasteiger partial charge in [0.25, 0.3) is 10.0 Å². The Bertz CT molecular complexity index is 929. The highest BCUT2D eigenvalue weighted by Crippen LogP contribution is 2.26. The summed E-state index contributed by atoms with van der Waals surface area (Å²) < 4.78 is 28.0. The summed E-state index contributed by atoms with van der Waals surface area (Å²) in [6.45, 7) is 5.85. The molecule has 1 aliphatic rings. The third-order valence-corrected chi connectivity index (χ3v) is 7.28. The van der Waals surface area contributed by atoms with Crippen LogP contribution in [-0.2, 0) is 14.8 Å². The van der Waals surface area contributed by atoms with Crippen molar-refractivity contribution in [2.24, 2.45) is 5.92 Å². The first kappa shape index (κ1) is 21.4. The molecule has 0 bridgehead atoms. The molecule has 2 aromatic carbocycles. The second kappa shape index (κ2) is 8.99. The highest BCUT2D eigenvalue weighted by molar-refractivity contribution is 7.92. The summed E-state index contributed by atoms with van der Waals surface area (Å²) in [5.74, 6) is 0.427. The van der Waals surface area contributed by atoms with E-state index >= 15 is 0 Å². The molecule has 1 aliphatic carbocycles. The third-order valence-electron chi connectivity index (χ3n) is 5.49. The first-order valence-corrected chi connectivity index (χ1v) is 11.6. The molecule has 0 saturated heterocycles. The van der Waals surface area contributed by atoms with Gasteiger partial charge < -0.3 is 5.32 Å². The van der Waals surface area contributed by atoms with Crippen molar-refractivity contribution in [2.45, 2.75) is 57.4 Å². The maximum absolute atomic E-state index is 13.4. The van der Waals surface area contributed by atoms with Crippen LogP contribution in [0.4, 0.5) is 5.69 Å². The highest BCUT2D eigenvalue weighted by Gasteiger charge is 2.28. The number of sulfonamides is 1. The van der Waals surface area contributed by atoms with Crippen molar-refractivity contribution in [3.8, 4) is 0 Å². The van der Waals surface area contributed by atoms with Crippen LogP contribution in [0.25, 0.3) is 0 Å². The van der Waals surface area contributed by atoms with E-state index in [1.807, 2.05) is 32.0 Å². The van der Waals surface area contributed by atoms with E-state index in [0.29, 0.717) is 11.6 Å². The fourth-order valence-electron chi connectivity index (χ4n) is 3.94. The first-order chi connectivity index (χ1) is 13.8. The summed E-state index contributed by atoms with van der Waals surface area (Å²) in [6.07, 6.45) is 4.08. The third kappa shape index (κ3) is 5.38. The zero-order chi connectivity index (χ0) is 21.0. The minimum atomic E-state index is -3.86. The van der Waals surface area contributed by atoms with Gasteiger partial charge in [0.15, 0.2) is 0 Å². The topological polar surface area (TPSA) is 66.5 Å². The normalized spacial score (nSPS) is 19.6. The number of amides is 1. The number of hydrogen-bond acceptors (Lipinski definition) is 3. The van der Waals surface area contributed by atoms with E-state index in [2.05, 4.69) is 12.2 Å². The summed E-state index contributed by atoms with van der Waals surface area (Å²) in [7, 11) is -3.86. The van der Waals surface area contributed by atoms with E-state index in [9.17, 15) is 13.2 Å². The lowest BCUT2D eigenvalue weighted by molar-refractivity contribution is -0.120. The van der Waals surface area contributed by atoms with Crippen molar-refractivity contribution < 1.29 is 13.2 Å². The van der Waals surface area contributed by atoms with Gasteiger partial charge in [0.05, 0.1) is 10.6 Å². The maximum atomic E-state index is 13.4. The molecule has 0 atom stereocenters. The number of hydrogen-bond donors (Lipinski definition) is 1. The fourth-order valence-corrected chi connectivity index (χ4v) is 5.36. The van der Waals surface area contributed by atoms with Crippen molar-refractivity contribution in [3.05, 3.63) is 59.7 Å². The van der Waals surface area contributed by atoms with Gasteiger partial charge in [-0.05, 0) is 80.8 Å². The molecule has 5 nitrogen and oxygen atoms in total. The number of aryl methyl sites for hydroxylation is 2. The van der Waals surface area contributed by atoms with Crippen molar-refractivity contribution in [1.82, 2.24) is 5.32 Å². The van der Waals surface area contributed by atoms with Crippen LogP contribution in [0.2, 0.25) is 0 Å². The zero-order valence-corrected chi connectivity index (χ0v) is 18.2. The lowest BCUT2D eigenvalue weighted by atomic mass is 9.87. The van der Waals surface area contributed by atoms with Gasteiger partial charge in [-0.3, -0.25) is 9.10 Å². The molecule has 0 heterocycles. The van der Waals surface area contributed by atoms with E-state index in [1.54, 1.807) is 30.3 Å². The van der Waals surface area contributed by atoms with Crippen LogP contribution in [0, 0.1) is 19.8 Å². The average molecular weight is 415 g/mol. The Labute approximate surface area is 174 Å². The molecule has 1 amide bonds. The van der Waals surface area contributed by atoms with E-state index in [4.69, 9.17) is 0 Å². The van der Waals surface area contributed by atoms with Gasteiger partial charge in [0, 0.05) is 6.04 Å². The Morgan fingerprint density at radius 2 is 1.59 bits per heavy atom.